The van der Waals surface area contributed by atoms with Crippen LogP contribution < -0.4 is 4.74 Å². The van der Waals surface area contributed by atoms with Gasteiger partial charge in [-0.2, -0.15) is 0 Å². The molecule has 0 bridgehead atoms. The van der Waals surface area contributed by atoms with Crippen molar-refractivity contribution in [2.45, 2.75) is 45.1 Å². The lowest BCUT2D eigenvalue weighted by Gasteiger charge is -2.36. The fourth-order valence-corrected chi connectivity index (χ4v) is 3.20. The van der Waals surface area contributed by atoms with E-state index in [1.165, 1.54) is 12.8 Å². The van der Waals surface area contributed by atoms with Gasteiger partial charge >= 0.3 is 0 Å². The van der Waals surface area contributed by atoms with Gasteiger partial charge in [0.1, 0.15) is 5.75 Å². The van der Waals surface area contributed by atoms with Crippen molar-refractivity contribution in [3.8, 4) is 5.75 Å². The van der Waals surface area contributed by atoms with E-state index in [0.717, 1.165) is 44.6 Å². The zero-order chi connectivity index (χ0) is 16.5. The summed E-state index contributed by atoms with van der Waals surface area (Å²) in [6.07, 6.45) is 5.36. The summed E-state index contributed by atoms with van der Waals surface area (Å²) in [5, 5.41) is 0. The third-order valence-corrected chi connectivity index (χ3v) is 4.44. The number of ether oxygens (including phenoxy) is 1. The van der Waals surface area contributed by atoms with Crippen LogP contribution in [0, 0.1) is 0 Å². The van der Waals surface area contributed by atoms with Crippen LogP contribution in [0.1, 0.15) is 39.0 Å². The molecule has 1 aliphatic heterocycles. The molecule has 1 unspecified atom stereocenters. The molecular weight excluding hydrogens is 288 g/mol. The van der Waals surface area contributed by atoms with Crippen molar-refractivity contribution in [3.63, 3.8) is 0 Å². The Kier molecular flexibility index (Phi) is 7.40. The second kappa shape index (κ2) is 9.56. The highest BCUT2D eigenvalue weighted by atomic mass is 16.5. The van der Waals surface area contributed by atoms with E-state index in [2.05, 4.69) is 11.8 Å². The van der Waals surface area contributed by atoms with Gasteiger partial charge in [0.2, 0.25) is 5.91 Å². The SMILES string of the molecule is CCCN1CCCCC1C(=O)N(C)CCCOc1ccccc1. The summed E-state index contributed by atoms with van der Waals surface area (Å²) in [6, 6.07) is 9.92. The normalized spacial score (nSPS) is 18.6. The van der Waals surface area contributed by atoms with E-state index >= 15 is 0 Å². The quantitative estimate of drug-likeness (QED) is 0.690. The third-order valence-electron chi connectivity index (χ3n) is 4.44. The fraction of sp³-hybridized carbons (Fsp3) is 0.632. The number of para-hydroxylation sites is 1. The molecule has 23 heavy (non-hydrogen) atoms. The van der Waals surface area contributed by atoms with E-state index < -0.39 is 0 Å². The highest BCUT2D eigenvalue weighted by Crippen LogP contribution is 2.19. The van der Waals surface area contributed by atoms with Gasteiger partial charge in [0.25, 0.3) is 0 Å². The molecule has 1 saturated heterocycles. The standard InChI is InChI=1S/C19H30N2O2/c1-3-13-21-15-8-7-12-18(21)19(22)20(2)14-9-16-23-17-10-5-4-6-11-17/h4-6,10-11,18H,3,7-9,12-16H2,1-2H3. The van der Waals surface area contributed by atoms with Gasteiger partial charge in [0.05, 0.1) is 12.6 Å². The van der Waals surface area contributed by atoms with Crippen LogP contribution in [-0.4, -0.2) is 55.0 Å². The molecule has 1 fully saturated rings. The maximum Gasteiger partial charge on any atom is 0.239 e. The van der Waals surface area contributed by atoms with E-state index in [0.29, 0.717) is 6.61 Å². The molecule has 1 aromatic carbocycles. The molecule has 0 N–H and O–H groups in total. The fourth-order valence-electron chi connectivity index (χ4n) is 3.20. The van der Waals surface area contributed by atoms with Crippen LogP contribution in [-0.2, 0) is 4.79 Å². The molecule has 0 spiro atoms. The Labute approximate surface area is 140 Å². The van der Waals surface area contributed by atoms with Gasteiger partial charge in [-0.25, -0.2) is 0 Å². The zero-order valence-electron chi connectivity index (χ0n) is 14.5. The van der Waals surface area contributed by atoms with Gasteiger partial charge in [-0.05, 0) is 50.9 Å². The molecule has 1 heterocycles. The van der Waals surface area contributed by atoms with Crippen LogP contribution in [0.5, 0.6) is 5.75 Å². The summed E-state index contributed by atoms with van der Waals surface area (Å²) in [7, 11) is 1.92. The van der Waals surface area contributed by atoms with Gasteiger partial charge in [-0.1, -0.05) is 31.5 Å². The predicted molar refractivity (Wildman–Crippen MR) is 93.7 cm³/mol. The Bertz CT molecular complexity index is 462. The van der Waals surface area contributed by atoms with Crippen molar-refractivity contribution >= 4 is 5.91 Å². The number of benzene rings is 1. The van der Waals surface area contributed by atoms with Crippen molar-refractivity contribution < 1.29 is 9.53 Å². The first-order valence-electron chi connectivity index (χ1n) is 8.89. The van der Waals surface area contributed by atoms with Crippen LogP contribution in [0.4, 0.5) is 0 Å². The monoisotopic (exact) mass is 318 g/mol. The van der Waals surface area contributed by atoms with Crippen molar-refractivity contribution in [3.05, 3.63) is 30.3 Å². The first-order valence-corrected chi connectivity index (χ1v) is 8.89. The lowest BCUT2D eigenvalue weighted by Crippen LogP contribution is -2.50. The molecule has 1 aromatic rings. The van der Waals surface area contributed by atoms with Gasteiger partial charge in [-0.3, -0.25) is 9.69 Å². The average molecular weight is 318 g/mol. The second-order valence-corrected chi connectivity index (χ2v) is 6.32. The lowest BCUT2D eigenvalue weighted by atomic mass is 10.0. The first kappa shape index (κ1) is 17.8. The molecule has 0 aliphatic carbocycles. The molecule has 4 heteroatoms. The molecule has 2 rings (SSSR count). The van der Waals surface area contributed by atoms with Crippen LogP contribution in [0.25, 0.3) is 0 Å². The second-order valence-electron chi connectivity index (χ2n) is 6.32. The Morgan fingerprint density at radius 3 is 2.83 bits per heavy atom. The number of piperidine rings is 1. The lowest BCUT2D eigenvalue weighted by molar-refractivity contribution is -0.137. The molecule has 0 aromatic heterocycles. The number of hydrogen-bond donors (Lipinski definition) is 0. The Balaban J connectivity index is 1.73. The largest absolute Gasteiger partial charge is 0.494 e. The highest BCUT2D eigenvalue weighted by molar-refractivity contribution is 5.81. The van der Waals surface area contributed by atoms with Crippen LogP contribution in [0.15, 0.2) is 30.3 Å². The number of carbonyl (C=O) groups is 1. The summed E-state index contributed by atoms with van der Waals surface area (Å²) < 4.78 is 5.69. The van der Waals surface area contributed by atoms with Gasteiger partial charge in [-0.15, -0.1) is 0 Å². The minimum absolute atomic E-state index is 0.0868. The number of likely N-dealkylation sites (N-methyl/N-ethyl adjacent to an activating group) is 1. The number of carbonyl (C=O) groups excluding carboxylic acids is 1. The van der Waals surface area contributed by atoms with Gasteiger partial charge in [0, 0.05) is 13.6 Å². The van der Waals surface area contributed by atoms with E-state index in [1.807, 2.05) is 42.3 Å². The van der Waals surface area contributed by atoms with Crippen LogP contribution in [0.3, 0.4) is 0 Å². The number of amides is 1. The van der Waals surface area contributed by atoms with Crippen molar-refractivity contribution in [2.75, 3.05) is 33.3 Å². The highest BCUT2D eigenvalue weighted by Gasteiger charge is 2.29. The minimum Gasteiger partial charge on any atom is -0.494 e. The maximum atomic E-state index is 12.7. The minimum atomic E-state index is 0.0868. The number of likely N-dealkylation sites (tertiary alicyclic amines) is 1. The topological polar surface area (TPSA) is 32.8 Å². The molecular formula is C19H30N2O2. The summed E-state index contributed by atoms with van der Waals surface area (Å²) in [4.78, 5) is 16.9. The van der Waals surface area contributed by atoms with Crippen molar-refractivity contribution in [2.24, 2.45) is 0 Å². The number of nitrogens with zero attached hydrogens (tertiary/aromatic N) is 2. The van der Waals surface area contributed by atoms with E-state index in [9.17, 15) is 4.79 Å². The van der Waals surface area contributed by atoms with E-state index in [1.54, 1.807) is 0 Å². The number of hydrogen-bond acceptors (Lipinski definition) is 3. The van der Waals surface area contributed by atoms with Gasteiger partial charge < -0.3 is 9.64 Å². The van der Waals surface area contributed by atoms with Crippen molar-refractivity contribution in [1.29, 1.82) is 0 Å². The molecule has 0 saturated carbocycles. The van der Waals surface area contributed by atoms with Crippen LogP contribution >= 0.6 is 0 Å². The molecule has 0 radical (unpaired) electrons. The summed E-state index contributed by atoms with van der Waals surface area (Å²) >= 11 is 0. The smallest absolute Gasteiger partial charge is 0.239 e. The Morgan fingerprint density at radius 1 is 1.30 bits per heavy atom. The zero-order valence-corrected chi connectivity index (χ0v) is 14.5. The third kappa shape index (κ3) is 5.54. The summed E-state index contributed by atoms with van der Waals surface area (Å²) in [5.74, 6) is 1.17. The molecule has 1 amide bonds. The maximum absolute atomic E-state index is 12.7. The molecule has 4 nitrogen and oxygen atoms in total. The summed E-state index contributed by atoms with van der Waals surface area (Å²) in [6.45, 7) is 5.67. The first-order chi connectivity index (χ1) is 11.2. The van der Waals surface area contributed by atoms with Crippen molar-refractivity contribution in [1.82, 2.24) is 9.80 Å². The van der Waals surface area contributed by atoms with E-state index in [4.69, 9.17) is 4.74 Å². The molecule has 128 valence electrons. The molecule has 1 aliphatic rings. The predicted octanol–water partition coefficient (Wildman–Crippen LogP) is 3.18. The Hall–Kier alpha value is -1.55. The average Bonchev–Trinajstić information content (AvgIpc) is 2.59. The van der Waals surface area contributed by atoms with Crippen LogP contribution in [0.2, 0.25) is 0 Å². The van der Waals surface area contributed by atoms with E-state index in [-0.39, 0.29) is 11.9 Å². The van der Waals surface area contributed by atoms with Gasteiger partial charge in [0.15, 0.2) is 0 Å². The Morgan fingerprint density at radius 2 is 2.09 bits per heavy atom. The molecule has 1 atom stereocenters. The summed E-state index contributed by atoms with van der Waals surface area (Å²) in [5.41, 5.74) is 0. The number of rotatable bonds is 8.